The molecule has 0 heterocycles. The van der Waals surface area contributed by atoms with Crippen LogP contribution in [0.2, 0.25) is 0 Å². The molecule has 0 aromatic heterocycles. The molecule has 1 heteroatoms. The zero-order valence-electron chi connectivity index (χ0n) is 13.4. The monoisotopic (exact) mass is 256 g/mol. The second kappa shape index (κ2) is 12.0. The topological polar surface area (TPSA) is 9.23 Å². The highest BCUT2D eigenvalue weighted by Crippen LogP contribution is 2.34. The number of unbranched alkanes of at least 4 members (excludes halogenated alkanes) is 6. The molecule has 0 N–H and O–H groups in total. The van der Waals surface area contributed by atoms with E-state index in [-0.39, 0.29) is 0 Å². The Labute approximate surface area is 116 Å². The maximum atomic E-state index is 5.29. The molecule has 0 rings (SSSR count). The van der Waals surface area contributed by atoms with E-state index in [1.165, 1.54) is 70.6 Å². The fourth-order valence-corrected chi connectivity index (χ4v) is 2.68. The average molecular weight is 256 g/mol. The molecule has 0 aromatic rings. The third-order valence-corrected chi connectivity index (χ3v) is 4.18. The van der Waals surface area contributed by atoms with E-state index in [0.717, 1.165) is 6.61 Å². The first-order valence-electron chi connectivity index (χ1n) is 8.17. The van der Waals surface area contributed by atoms with Gasteiger partial charge in [0.1, 0.15) is 0 Å². The predicted molar refractivity (Wildman–Crippen MR) is 82.1 cm³/mol. The maximum absolute atomic E-state index is 5.29. The van der Waals surface area contributed by atoms with Gasteiger partial charge in [-0.25, -0.2) is 0 Å². The van der Waals surface area contributed by atoms with Crippen LogP contribution in [0.25, 0.3) is 0 Å². The van der Waals surface area contributed by atoms with Crippen LogP contribution in [-0.2, 0) is 4.74 Å². The minimum atomic E-state index is 0.525. The van der Waals surface area contributed by atoms with Crippen LogP contribution in [-0.4, -0.2) is 13.7 Å². The zero-order chi connectivity index (χ0) is 13.7. The van der Waals surface area contributed by atoms with Gasteiger partial charge in [0.2, 0.25) is 0 Å². The summed E-state index contributed by atoms with van der Waals surface area (Å²) < 4.78 is 5.29. The summed E-state index contributed by atoms with van der Waals surface area (Å²) in [5.74, 6) is 0. The Balaban J connectivity index is 3.90. The van der Waals surface area contributed by atoms with E-state index in [2.05, 4.69) is 20.8 Å². The van der Waals surface area contributed by atoms with Crippen molar-refractivity contribution < 1.29 is 4.74 Å². The molecule has 0 saturated heterocycles. The van der Waals surface area contributed by atoms with Crippen molar-refractivity contribution in [3.8, 4) is 0 Å². The van der Waals surface area contributed by atoms with Crippen molar-refractivity contribution in [2.24, 2.45) is 5.41 Å². The molecular formula is C17H36O. The first-order chi connectivity index (χ1) is 8.68. The molecule has 1 nitrogen and oxygen atoms in total. The van der Waals surface area contributed by atoms with E-state index in [4.69, 9.17) is 4.74 Å². The summed E-state index contributed by atoms with van der Waals surface area (Å²) in [6.07, 6.45) is 15.1. The third-order valence-electron chi connectivity index (χ3n) is 4.18. The lowest BCUT2D eigenvalue weighted by Crippen LogP contribution is -2.19. The smallest absolute Gasteiger partial charge is 0.0467 e. The Hall–Kier alpha value is -0.0400. The van der Waals surface area contributed by atoms with Gasteiger partial charge in [-0.15, -0.1) is 0 Å². The number of rotatable bonds is 13. The minimum Gasteiger partial charge on any atom is -0.385 e. The Morgan fingerprint density at radius 3 is 1.61 bits per heavy atom. The van der Waals surface area contributed by atoms with Crippen LogP contribution in [0.5, 0.6) is 0 Å². The summed E-state index contributed by atoms with van der Waals surface area (Å²) in [6, 6.07) is 0. The highest BCUT2D eigenvalue weighted by molar-refractivity contribution is 4.74. The van der Waals surface area contributed by atoms with Gasteiger partial charge < -0.3 is 4.74 Å². The van der Waals surface area contributed by atoms with Gasteiger partial charge in [0.25, 0.3) is 0 Å². The van der Waals surface area contributed by atoms with E-state index in [1.807, 2.05) is 7.11 Å². The van der Waals surface area contributed by atoms with Gasteiger partial charge in [0, 0.05) is 13.7 Å². The van der Waals surface area contributed by atoms with Gasteiger partial charge in [-0.1, -0.05) is 72.1 Å². The molecule has 0 atom stereocenters. The van der Waals surface area contributed by atoms with Crippen LogP contribution in [0.15, 0.2) is 0 Å². The SMILES string of the molecule is CCCCCCC(C)(CCCCCC)CCOC. The molecule has 0 saturated carbocycles. The van der Waals surface area contributed by atoms with Crippen molar-refractivity contribution in [1.82, 2.24) is 0 Å². The largest absolute Gasteiger partial charge is 0.385 e. The van der Waals surface area contributed by atoms with Gasteiger partial charge >= 0.3 is 0 Å². The van der Waals surface area contributed by atoms with E-state index >= 15 is 0 Å². The van der Waals surface area contributed by atoms with Gasteiger partial charge in [-0.2, -0.15) is 0 Å². The highest BCUT2D eigenvalue weighted by Gasteiger charge is 2.22. The van der Waals surface area contributed by atoms with Crippen LogP contribution in [0, 0.1) is 5.41 Å². The minimum absolute atomic E-state index is 0.525. The maximum Gasteiger partial charge on any atom is 0.0467 e. The summed E-state index contributed by atoms with van der Waals surface area (Å²) in [5.41, 5.74) is 0.525. The van der Waals surface area contributed by atoms with E-state index in [9.17, 15) is 0 Å². The molecule has 0 radical (unpaired) electrons. The molecule has 110 valence electrons. The lowest BCUT2D eigenvalue weighted by atomic mass is 9.77. The Bertz CT molecular complexity index is 153. The molecule has 0 aliphatic heterocycles. The summed E-state index contributed by atoms with van der Waals surface area (Å²) in [7, 11) is 1.83. The number of ether oxygens (including phenoxy) is 1. The first-order valence-corrected chi connectivity index (χ1v) is 8.17. The Morgan fingerprint density at radius 2 is 1.22 bits per heavy atom. The van der Waals surface area contributed by atoms with Gasteiger partial charge in [0.05, 0.1) is 0 Å². The number of methoxy groups -OCH3 is 1. The normalized spacial score (nSPS) is 12.0. The molecular weight excluding hydrogens is 220 g/mol. The third kappa shape index (κ3) is 9.94. The van der Waals surface area contributed by atoms with Crippen LogP contribution < -0.4 is 0 Å². The Morgan fingerprint density at radius 1 is 0.722 bits per heavy atom. The summed E-state index contributed by atoms with van der Waals surface area (Å²) in [6.45, 7) is 7.98. The average Bonchev–Trinajstić information content (AvgIpc) is 2.38. The molecule has 0 amide bonds. The van der Waals surface area contributed by atoms with Crippen molar-refractivity contribution in [2.75, 3.05) is 13.7 Å². The fourth-order valence-electron chi connectivity index (χ4n) is 2.68. The Kier molecular flexibility index (Phi) is 12.0. The lowest BCUT2D eigenvalue weighted by Gasteiger charge is -2.29. The van der Waals surface area contributed by atoms with Crippen molar-refractivity contribution in [2.45, 2.75) is 91.4 Å². The van der Waals surface area contributed by atoms with Crippen molar-refractivity contribution in [3.05, 3.63) is 0 Å². The van der Waals surface area contributed by atoms with Crippen molar-refractivity contribution >= 4 is 0 Å². The van der Waals surface area contributed by atoms with E-state index < -0.39 is 0 Å². The van der Waals surface area contributed by atoms with Gasteiger partial charge in [-0.05, 0) is 24.7 Å². The molecule has 0 aliphatic carbocycles. The molecule has 0 aromatic carbocycles. The summed E-state index contributed by atoms with van der Waals surface area (Å²) in [5, 5.41) is 0. The number of hydrogen-bond donors (Lipinski definition) is 0. The molecule has 18 heavy (non-hydrogen) atoms. The van der Waals surface area contributed by atoms with Gasteiger partial charge in [-0.3, -0.25) is 0 Å². The predicted octanol–water partition coefficient (Wildman–Crippen LogP) is 5.97. The zero-order valence-corrected chi connectivity index (χ0v) is 13.4. The standard InChI is InChI=1S/C17H36O/c1-5-7-9-11-13-17(3,15-16-18-4)14-12-10-8-6-2/h5-16H2,1-4H3. The second-order valence-electron chi connectivity index (χ2n) is 6.17. The van der Waals surface area contributed by atoms with Gasteiger partial charge in [0.15, 0.2) is 0 Å². The molecule has 0 spiro atoms. The second-order valence-corrected chi connectivity index (χ2v) is 6.17. The fraction of sp³-hybridized carbons (Fsp3) is 1.00. The van der Waals surface area contributed by atoms with Crippen LogP contribution in [0.3, 0.4) is 0 Å². The summed E-state index contributed by atoms with van der Waals surface area (Å²) >= 11 is 0. The molecule has 0 fully saturated rings. The van der Waals surface area contributed by atoms with Crippen LogP contribution in [0.4, 0.5) is 0 Å². The molecule has 0 aliphatic rings. The summed E-state index contributed by atoms with van der Waals surface area (Å²) in [4.78, 5) is 0. The van der Waals surface area contributed by atoms with E-state index in [1.54, 1.807) is 0 Å². The lowest BCUT2D eigenvalue weighted by molar-refractivity contribution is 0.127. The van der Waals surface area contributed by atoms with Crippen LogP contribution >= 0.6 is 0 Å². The van der Waals surface area contributed by atoms with E-state index in [0.29, 0.717) is 5.41 Å². The first kappa shape index (κ1) is 18.0. The highest BCUT2D eigenvalue weighted by atomic mass is 16.5. The quantitative estimate of drug-likeness (QED) is 0.369. The number of hydrogen-bond acceptors (Lipinski definition) is 1. The molecule has 0 bridgehead atoms. The van der Waals surface area contributed by atoms with Crippen molar-refractivity contribution in [3.63, 3.8) is 0 Å². The molecule has 0 unspecified atom stereocenters. The van der Waals surface area contributed by atoms with Crippen molar-refractivity contribution in [1.29, 1.82) is 0 Å². The van der Waals surface area contributed by atoms with Crippen LogP contribution in [0.1, 0.15) is 91.4 Å².